The zero-order valence-electron chi connectivity index (χ0n) is 3.92. The van der Waals surface area contributed by atoms with E-state index in [9.17, 15) is 13.2 Å². The third kappa shape index (κ3) is 5.09. The predicted octanol–water partition coefficient (Wildman–Crippen LogP) is 2.04. The summed E-state index contributed by atoms with van der Waals surface area (Å²) in [5.41, 5.74) is 3.53. The molecular weight excluding hydrogens is 117 g/mol. The summed E-state index contributed by atoms with van der Waals surface area (Å²) in [7, 11) is 0. The molecule has 0 aromatic heterocycles. The predicted molar refractivity (Wildman–Crippen MR) is 23.3 cm³/mol. The van der Waals surface area contributed by atoms with Gasteiger partial charge in [-0.15, -0.1) is 0 Å². The molecule has 0 aliphatic heterocycles. The molecule has 0 amide bonds. The van der Waals surface area contributed by atoms with E-state index >= 15 is 0 Å². The van der Waals surface area contributed by atoms with Crippen molar-refractivity contribution in [3.63, 3.8) is 0 Å². The molecular formula is C5H3F3. The van der Waals surface area contributed by atoms with Crippen molar-refractivity contribution in [2.24, 2.45) is 0 Å². The smallest absolute Gasteiger partial charge is 0.166 e. The Kier molecular flexibility index (Phi) is 2.14. The summed E-state index contributed by atoms with van der Waals surface area (Å²) >= 11 is 0. The monoisotopic (exact) mass is 120 g/mol. The number of hydrogen-bond acceptors (Lipinski definition) is 0. The van der Waals surface area contributed by atoms with Gasteiger partial charge in [-0.1, -0.05) is 11.5 Å². The van der Waals surface area contributed by atoms with Crippen LogP contribution in [0.15, 0.2) is 24.1 Å². The largest absolute Gasteiger partial charge is 0.417 e. The normalized spacial score (nSPS) is 9.38. The second-order valence-electron chi connectivity index (χ2n) is 1.01. The average Bonchev–Trinajstić information content (AvgIpc) is 1.59. The molecule has 0 atom stereocenters. The Labute approximate surface area is 44.6 Å². The molecule has 0 bridgehead atoms. The van der Waals surface area contributed by atoms with Crippen LogP contribution in [0.4, 0.5) is 13.2 Å². The van der Waals surface area contributed by atoms with E-state index in [-0.39, 0.29) is 6.08 Å². The van der Waals surface area contributed by atoms with Crippen LogP contribution in [-0.4, -0.2) is 6.18 Å². The second kappa shape index (κ2) is 2.41. The van der Waals surface area contributed by atoms with E-state index in [1.54, 1.807) is 5.73 Å². The first-order valence-electron chi connectivity index (χ1n) is 1.75. The molecule has 0 heterocycles. The van der Waals surface area contributed by atoms with Gasteiger partial charge < -0.3 is 0 Å². The summed E-state index contributed by atoms with van der Waals surface area (Å²) in [6.07, 6.45) is -4.34. The molecule has 0 fully saturated rings. The van der Waals surface area contributed by atoms with Gasteiger partial charge in [-0.3, -0.25) is 0 Å². The van der Waals surface area contributed by atoms with Gasteiger partial charge in [0, 0.05) is 0 Å². The van der Waals surface area contributed by atoms with Crippen molar-refractivity contribution >= 4 is 0 Å². The van der Waals surface area contributed by atoms with Gasteiger partial charge in [0.25, 0.3) is 0 Å². The Morgan fingerprint density at radius 2 is 1.88 bits per heavy atom. The molecule has 0 unspecified atom stereocenters. The summed E-state index contributed by atoms with van der Waals surface area (Å²) in [5.74, 6) is 0. The lowest BCUT2D eigenvalue weighted by molar-refractivity contribution is -0.0796. The number of rotatable bonds is 0. The van der Waals surface area contributed by atoms with E-state index in [4.69, 9.17) is 0 Å². The molecule has 0 aromatic rings. The first-order chi connectivity index (χ1) is 3.56. The molecule has 3 heteroatoms. The van der Waals surface area contributed by atoms with Crippen LogP contribution in [0.2, 0.25) is 0 Å². The van der Waals surface area contributed by atoms with E-state index in [0.717, 1.165) is 0 Å². The molecule has 0 aliphatic rings. The standard InChI is InChI=1S/C5H3F3/c1-2-3-4-5(6,7)8/h4H,1H2. The van der Waals surface area contributed by atoms with E-state index < -0.39 is 6.18 Å². The highest BCUT2D eigenvalue weighted by Gasteiger charge is 2.21. The number of allylic oxidation sites excluding steroid dienone is 1. The molecule has 0 saturated carbocycles. The number of alkyl halides is 3. The van der Waals surface area contributed by atoms with Crippen molar-refractivity contribution in [1.82, 2.24) is 0 Å². The lowest BCUT2D eigenvalue weighted by Crippen LogP contribution is -1.98. The van der Waals surface area contributed by atoms with E-state index in [0.29, 0.717) is 0 Å². The van der Waals surface area contributed by atoms with Gasteiger partial charge in [0.15, 0.2) is 0 Å². The van der Waals surface area contributed by atoms with E-state index in [1.807, 2.05) is 5.73 Å². The van der Waals surface area contributed by atoms with Crippen molar-refractivity contribution in [3.05, 3.63) is 24.1 Å². The zero-order valence-corrected chi connectivity index (χ0v) is 3.92. The second-order valence-corrected chi connectivity index (χ2v) is 1.01. The van der Waals surface area contributed by atoms with Crippen LogP contribution in [0.3, 0.4) is 0 Å². The molecule has 0 aliphatic carbocycles. The molecule has 0 saturated heterocycles. The van der Waals surface area contributed by atoms with Crippen LogP contribution >= 0.6 is 0 Å². The third-order valence-electron chi connectivity index (χ3n) is 0.338. The summed E-state index contributed by atoms with van der Waals surface area (Å²) in [6.45, 7) is 2.90. The molecule has 0 rings (SSSR count). The van der Waals surface area contributed by atoms with Crippen molar-refractivity contribution in [3.8, 4) is 0 Å². The Bertz CT molecular complexity index is 142. The van der Waals surface area contributed by atoms with Gasteiger partial charge in [-0.25, -0.2) is 0 Å². The molecule has 0 N–H and O–H groups in total. The van der Waals surface area contributed by atoms with Crippen molar-refractivity contribution in [2.75, 3.05) is 0 Å². The minimum Gasteiger partial charge on any atom is -0.166 e. The molecule has 0 spiro atoms. The molecule has 0 nitrogen and oxygen atoms in total. The zero-order chi connectivity index (χ0) is 6.62. The van der Waals surface area contributed by atoms with Crippen LogP contribution in [0.1, 0.15) is 0 Å². The maximum Gasteiger partial charge on any atom is 0.417 e. The summed E-state index contributed by atoms with van der Waals surface area (Å²) < 4.78 is 33.2. The highest BCUT2D eigenvalue weighted by molar-refractivity contribution is 4.86. The molecule has 44 valence electrons. The number of halogens is 3. The Balaban J connectivity index is 4.10. The van der Waals surface area contributed by atoms with Gasteiger partial charge in [0.1, 0.15) is 0 Å². The summed E-state index contributed by atoms with van der Waals surface area (Å²) in [6, 6.07) is 0. The van der Waals surface area contributed by atoms with Crippen LogP contribution < -0.4 is 0 Å². The van der Waals surface area contributed by atoms with E-state index in [2.05, 4.69) is 6.58 Å². The Morgan fingerprint density at radius 1 is 1.38 bits per heavy atom. The van der Waals surface area contributed by atoms with Gasteiger partial charge in [0.2, 0.25) is 0 Å². The van der Waals surface area contributed by atoms with Gasteiger partial charge >= 0.3 is 6.18 Å². The number of hydrogen-bond donors (Lipinski definition) is 0. The maximum atomic E-state index is 11.1. The SMILES string of the molecule is C=C=C=CC(F)(F)F. The van der Waals surface area contributed by atoms with Gasteiger partial charge in [0.05, 0.1) is 6.08 Å². The topological polar surface area (TPSA) is 0 Å². The summed E-state index contributed by atoms with van der Waals surface area (Å²) in [5, 5.41) is 0. The lowest BCUT2D eigenvalue weighted by atomic mass is 10.6. The van der Waals surface area contributed by atoms with Crippen molar-refractivity contribution in [2.45, 2.75) is 6.18 Å². The van der Waals surface area contributed by atoms with Crippen molar-refractivity contribution in [1.29, 1.82) is 0 Å². The van der Waals surface area contributed by atoms with E-state index in [1.165, 1.54) is 0 Å². The highest BCUT2D eigenvalue weighted by atomic mass is 19.4. The fraction of sp³-hybridized carbons (Fsp3) is 0.200. The molecule has 0 aromatic carbocycles. The van der Waals surface area contributed by atoms with Gasteiger partial charge in [-0.2, -0.15) is 13.2 Å². The first kappa shape index (κ1) is 7.09. The first-order valence-corrected chi connectivity index (χ1v) is 1.75. The van der Waals surface area contributed by atoms with Crippen LogP contribution in [-0.2, 0) is 0 Å². The molecule has 8 heavy (non-hydrogen) atoms. The highest BCUT2D eigenvalue weighted by Crippen LogP contribution is 2.14. The quantitative estimate of drug-likeness (QED) is 0.429. The fourth-order valence-electron chi connectivity index (χ4n) is 0.133. The van der Waals surface area contributed by atoms with Crippen LogP contribution in [0.25, 0.3) is 0 Å². The van der Waals surface area contributed by atoms with Crippen LogP contribution in [0, 0.1) is 0 Å². The minimum atomic E-state index is -4.29. The minimum absolute atomic E-state index is 0.0556. The van der Waals surface area contributed by atoms with Gasteiger partial charge in [-0.05, 0) is 6.58 Å². The van der Waals surface area contributed by atoms with Crippen LogP contribution in [0.5, 0.6) is 0 Å². The average molecular weight is 120 g/mol. The molecule has 0 radical (unpaired) electrons. The fourth-order valence-corrected chi connectivity index (χ4v) is 0.133. The Hall–Kier alpha value is -0.910. The lowest BCUT2D eigenvalue weighted by Gasteiger charge is -1.91. The third-order valence-corrected chi connectivity index (χ3v) is 0.338. The summed E-state index contributed by atoms with van der Waals surface area (Å²) in [4.78, 5) is 0. The Morgan fingerprint density at radius 3 is 2.00 bits per heavy atom. The maximum absolute atomic E-state index is 11.1. The van der Waals surface area contributed by atoms with Crippen molar-refractivity contribution < 1.29 is 13.2 Å².